The van der Waals surface area contributed by atoms with Gasteiger partial charge in [0.2, 0.25) is 0 Å². The molecule has 0 aliphatic carbocycles. The number of halogens is 2. The van der Waals surface area contributed by atoms with E-state index in [0.29, 0.717) is 11.3 Å². The molecule has 12 heavy (non-hydrogen) atoms. The summed E-state index contributed by atoms with van der Waals surface area (Å²) >= 11 is 3.28. The number of fused-ring (bicyclic) bond motifs is 1. The molecule has 2 aromatic rings. The van der Waals surface area contributed by atoms with Crippen molar-refractivity contribution < 1.29 is 8.91 Å². The lowest BCUT2D eigenvalue weighted by Gasteiger charge is -1.88. The second-order valence-corrected chi connectivity index (χ2v) is 3.32. The van der Waals surface area contributed by atoms with Gasteiger partial charge >= 0.3 is 0 Å². The first kappa shape index (κ1) is 7.73. The minimum atomic E-state index is -0.589. The van der Waals surface area contributed by atoms with Crippen molar-refractivity contribution in [2.24, 2.45) is 0 Å². The van der Waals surface area contributed by atoms with Gasteiger partial charge in [0.15, 0.2) is 5.58 Å². The fourth-order valence-electron chi connectivity index (χ4n) is 1.06. The highest BCUT2D eigenvalue weighted by Gasteiger charge is 2.06. The predicted octanol–water partition coefficient (Wildman–Crippen LogP) is 3.06. The maximum Gasteiger partial charge on any atom is 0.168 e. The van der Waals surface area contributed by atoms with Crippen LogP contribution in [-0.2, 0) is 6.67 Å². The number of benzene rings is 1. The molecule has 4 heteroatoms. The highest BCUT2D eigenvalue weighted by Crippen LogP contribution is 2.22. The Hall–Kier alpha value is -0.900. The standard InChI is InChI=1S/C8H5BrFNO/c9-5-1-2-6-7(4-10)11-12-8(6)3-5/h1-3H,4H2. The van der Waals surface area contributed by atoms with Gasteiger partial charge in [0, 0.05) is 9.86 Å². The summed E-state index contributed by atoms with van der Waals surface area (Å²) in [4.78, 5) is 0. The molecule has 0 amide bonds. The van der Waals surface area contributed by atoms with Crippen molar-refractivity contribution in [2.45, 2.75) is 6.67 Å². The zero-order valence-corrected chi connectivity index (χ0v) is 7.64. The second kappa shape index (κ2) is 2.86. The number of alkyl halides is 1. The van der Waals surface area contributed by atoms with Gasteiger partial charge in [-0.05, 0) is 18.2 Å². The normalized spacial score (nSPS) is 10.8. The van der Waals surface area contributed by atoms with E-state index >= 15 is 0 Å². The van der Waals surface area contributed by atoms with Gasteiger partial charge in [-0.1, -0.05) is 21.1 Å². The fraction of sp³-hybridized carbons (Fsp3) is 0.125. The maximum atomic E-state index is 12.3. The minimum Gasteiger partial charge on any atom is -0.356 e. The number of aromatic nitrogens is 1. The molecule has 0 atom stereocenters. The van der Waals surface area contributed by atoms with Crippen molar-refractivity contribution in [3.63, 3.8) is 0 Å². The van der Waals surface area contributed by atoms with Crippen molar-refractivity contribution in [1.82, 2.24) is 5.16 Å². The average Bonchev–Trinajstić information content (AvgIpc) is 2.46. The molecule has 2 rings (SSSR count). The maximum absolute atomic E-state index is 12.3. The summed E-state index contributed by atoms with van der Waals surface area (Å²) in [6.45, 7) is -0.589. The van der Waals surface area contributed by atoms with Crippen LogP contribution in [0.25, 0.3) is 11.0 Å². The molecule has 2 nitrogen and oxygen atoms in total. The molecular formula is C8H5BrFNO. The lowest BCUT2D eigenvalue weighted by molar-refractivity contribution is 0.410. The Morgan fingerprint density at radius 3 is 3.08 bits per heavy atom. The Labute approximate surface area is 76.5 Å². The lowest BCUT2D eigenvalue weighted by Crippen LogP contribution is -1.76. The van der Waals surface area contributed by atoms with Crippen molar-refractivity contribution in [3.05, 3.63) is 28.4 Å². The van der Waals surface area contributed by atoms with Gasteiger partial charge in [0.25, 0.3) is 0 Å². The number of hydrogen-bond acceptors (Lipinski definition) is 2. The fourth-order valence-corrected chi connectivity index (χ4v) is 1.40. The number of rotatable bonds is 1. The molecule has 0 N–H and O–H groups in total. The van der Waals surface area contributed by atoms with Crippen molar-refractivity contribution in [2.75, 3.05) is 0 Å². The van der Waals surface area contributed by atoms with Crippen LogP contribution >= 0.6 is 15.9 Å². The van der Waals surface area contributed by atoms with Crippen LogP contribution in [0.4, 0.5) is 4.39 Å². The molecule has 0 unspecified atom stereocenters. The monoisotopic (exact) mass is 229 g/mol. The topological polar surface area (TPSA) is 26.0 Å². The van der Waals surface area contributed by atoms with Crippen LogP contribution < -0.4 is 0 Å². The zero-order chi connectivity index (χ0) is 8.55. The molecule has 0 bridgehead atoms. The van der Waals surface area contributed by atoms with Gasteiger partial charge in [-0.25, -0.2) is 4.39 Å². The first-order valence-electron chi connectivity index (χ1n) is 3.41. The number of nitrogens with zero attached hydrogens (tertiary/aromatic N) is 1. The van der Waals surface area contributed by atoms with Gasteiger partial charge in [0.05, 0.1) is 0 Å². The van der Waals surface area contributed by atoms with Crippen LogP contribution in [0.3, 0.4) is 0 Å². The summed E-state index contributed by atoms with van der Waals surface area (Å²) < 4.78 is 18.1. The summed E-state index contributed by atoms with van der Waals surface area (Å²) in [6.07, 6.45) is 0. The molecule has 1 aromatic carbocycles. The first-order valence-corrected chi connectivity index (χ1v) is 4.20. The van der Waals surface area contributed by atoms with Gasteiger partial charge in [-0.2, -0.15) is 0 Å². The minimum absolute atomic E-state index is 0.359. The van der Waals surface area contributed by atoms with E-state index in [9.17, 15) is 4.39 Å². The number of hydrogen-bond donors (Lipinski definition) is 0. The summed E-state index contributed by atoms with van der Waals surface area (Å²) in [7, 11) is 0. The lowest BCUT2D eigenvalue weighted by atomic mass is 10.2. The molecule has 1 heterocycles. The van der Waals surface area contributed by atoms with Crippen LogP contribution in [0, 0.1) is 0 Å². The van der Waals surface area contributed by atoms with Gasteiger partial charge in [-0.15, -0.1) is 0 Å². The average molecular weight is 230 g/mol. The van der Waals surface area contributed by atoms with E-state index < -0.39 is 6.67 Å². The Morgan fingerprint density at radius 1 is 1.50 bits per heavy atom. The van der Waals surface area contributed by atoms with Crippen molar-refractivity contribution in [3.8, 4) is 0 Å². The molecule has 0 saturated heterocycles. The molecule has 0 aliphatic rings. The Balaban J connectivity index is 2.73. The molecule has 1 aromatic heterocycles. The summed E-state index contributed by atoms with van der Waals surface area (Å²) in [5.74, 6) is 0. The van der Waals surface area contributed by atoms with Crippen LogP contribution in [-0.4, -0.2) is 5.16 Å². The van der Waals surface area contributed by atoms with E-state index in [-0.39, 0.29) is 0 Å². The quantitative estimate of drug-likeness (QED) is 0.752. The van der Waals surface area contributed by atoms with Gasteiger partial charge < -0.3 is 4.52 Å². The van der Waals surface area contributed by atoms with E-state index in [1.54, 1.807) is 12.1 Å². The smallest absolute Gasteiger partial charge is 0.168 e. The largest absolute Gasteiger partial charge is 0.356 e. The molecule has 62 valence electrons. The van der Waals surface area contributed by atoms with E-state index in [4.69, 9.17) is 4.52 Å². The molecule has 0 radical (unpaired) electrons. The van der Waals surface area contributed by atoms with E-state index in [1.165, 1.54) is 0 Å². The molecule has 0 spiro atoms. The third-order valence-corrected chi connectivity index (χ3v) is 2.13. The molecule has 0 fully saturated rings. The van der Waals surface area contributed by atoms with Gasteiger partial charge in [0.1, 0.15) is 12.4 Å². The third kappa shape index (κ3) is 1.12. The zero-order valence-electron chi connectivity index (χ0n) is 6.05. The molecular weight excluding hydrogens is 225 g/mol. The summed E-state index contributed by atoms with van der Waals surface area (Å²) in [5, 5.41) is 4.32. The van der Waals surface area contributed by atoms with Crippen LogP contribution in [0.15, 0.2) is 27.2 Å². The molecule has 0 aliphatic heterocycles. The highest BCUT2D eigenvalue weighted by atomic mass is 79.9. The van der Waals surface area contributed by atoms with Crippen LogP contribution in [0.1, 0.15) is 5.69 Å². The molecule has 0 saturated carbocycles. The SMILES string of the molecule is FCc1noc2cc(Br)ccc12. The van der Waals surface area contributed by atoms with E-state index in [1.807, 2.05) is 6.07 Å². The van der Waals surface area contributed by atoms with E-state index in [0.717, 1.165) is 9.86 Å². The van der Waals surface area contributed by atoms with Crippen LogP contribution in [0.5, 0.6) is 0 Å². The van der Waals surface area contributed by atoms with Crippen molar-refractivity contribution >= 4 is 26.9 Å². The Kier molecular flexibility index (Phi) is 1.84. The summed E-state index contributed by atoms with van der Waals surface area (Å²) in [5.41, 5.74) is 0.967. The second-order valence-electron chi connectivity index (χ2n) is 2.40. The van der Waals surface area contributed by atoms with Gasteiger partial charge in [-0.3, -0.25) is 0 Å². The predicted molar refractivity (Wildman–Crippen MR) is 46.5 cm³/mol. The Morgan fingerprint density at radius 2 is 2.33 bits per heavy atom. The highest BCUT2D eigenvalue weighted by molar-refractivity contribution is 9.10. The van der Waals surface area contributed by atoms with Crippen LogP contribution in [0.2, 0.25) is 0 Å². The third-order valence-electron chi connectivity index (χ3n) is 1.64. The van der Waals surface area contributed by atoms with Crippen molar-refractivity contribution in [1.29, 1.82) is 0 Å². The first-order chi connectivity index (χ1) is 5.81. The van der Waals surface area contributed by atoms with E-state index in [2.05, 4.69) is 21.1 Å². The summed E-state index contributed by atoms with van der Waals surface area (Å²) in [6, 6.07) is 5.38. The Bertz CT molecular complexity index is 412.